The van der Waals surface area contributed by atoms with Crippen molar-refractivity contribution in [1.29, 1.82) is 0 Å². The van der Waals surface area contributed by atoms with Gasteiger partial charge in [-0.15, -0.1) is 0 Å². The summed E-state index contributed by atoms with van der Waals surface area (Å²) >= 11 is 0. The zero-order valence-corrected chi connectivity index (χ0v) is 16.2. The third kappa shape index (κ3) is 3.42. The van der Waals surface area contributed by atoms with E-state index in [4.69, 9.17) is 9.72 Å². The van der Waals surface area contributed by atoms with E-state index in [9.17, 15) is 0 Å². The minimum absolute atomic E-state index is 0.702. The summed E-state index contributed by atoms with van der Waals surface area (Å²) in [5, 5.41) is 0. The van der Waals surface area contributed by atoms with Gasteiger partial charge in [0.25, 0.3) is 0 Å². The van der Waals surface area contributed by atoms with E-state index < -0.39 is 0 Å². The minimum Gasteiger partial charge on any atom is -0.378 e. The SMILES string of the molecule is Cc1nc2c(N3CCOCC3)ncnc2n1Cc1ccc(-c2cncnc2)cc1. The molecule has 1 aliphatic rings. The van der Waals surface area contributed by atoms with E-state index in [0.717, 1.165) is 47.0 Å². The normalized spacial score (nSPS) is 14.4. The van der Waals surface area contributed by atoms with Crippen LogP contribution in [0.3, 0.4) is 0 Å². The molecule has 0 unspecified atom stereocenters. The number of imidazole rings is 1. The van der Waals surface area contributed by atoms with Crippen LogP contribution >= 0.6 is 0 Å². The zero-order valence-electron chi connectivity index (χ0n) is 16.2. The first-order valence-corrected chi connectivity index (χ1v) is 9.64. The van der Waals surface area contributed by atoms with Crippen molar-refractivity contribution in [2.45, 2.75) is 13.5 Å². The van der Waals surface area contributed by atoms with Crippen LogP contribution < -0.4 is 4.90 Å². The highest BCUT2D eigenvalue weighted by Crippen LogP contribution is 2.25. The fourth-order valence-corrected chi connectivity index (χ4v) is 3.66. The smallest absolute Gasteiger partial charge is 0.165 e. The molecule has 0 bridgehead atoms. The van der Waals surface area contributed by atoms with Crippen LogP contribution in [0.25, 0.3) is 22.3 Å². The Kier molecular flexibility index (Phi) is 4.61. The fraction of sp³-hybridized carbons (Fsp3) is 0.286. The first-order chi connectivity index (χ1) is 14.3. The summed E-state index contributed by atoms with van der Waals surface area (Å²) in [7, 11) is 0. The summed E-state index contributed by atoms with van der Waals surface area (Å²) in [5.74, 6) is 1.81. The van der Waals surface area contributed by atoms with Gasteiger partial charge in [0, 0.05) is 31.0 Å². The van der Waals surface area contributed by atoms with Crippen molar-refractivity contribution in [3.05, 3.63) is 60.7 Å². The summed E-state index contributed by atoms with van der Waals surface area (Å²) in [4.78, 5) is 24.2. The molecule has 1 fully saturated rings. The predicted octanol–water partition coefficient (Wildman–Crippen LogP) is 2.48. The van der Waals surface area contributed by atoms with Gasteiger partial charge in [-0.1, -0.05) is 24.3 Å². The van der Waals surface area contributed by atoms with Crippen LogP contribution in [0.1, 0.15) is 11.4 Å². The van der Waals surface area contributed by atoms with E-state index >= 15 is 0 Å². The largest absolute Gasteiger partial charge is 0.378 e. The van der Waals surface area contributed by atoms with Gasteiger partial charge in [0.2, 0.25) is 0 Å². The van der Waals surface area contributed by atoms with Crippen LogP contribution in [0.4, 0.5) is 5.82 Å². The molecule has 8 nitrogen and oxygen atoms in total. The Morgan fingerprint density at radius 2 is 1.69 bits per heavy atom. The number of benzene rings is 1. The summed E-state index contributed by atoms with van der Waals surface area (Å²) in [6, 6.07) is 8.43. The number of morpholine rings is 1. The summed E-state index contributed by atoms with van der Waals surface area (Å²) in [5.41, 5.74) is 4.99. The van der Waals surface area contributed by atoms with Gasteiger partial charge < -0.3 is 14.2 Å². The van der Waals surface area contributed by atoms with E-state index in [1.807, 2.05) is 19.3 Å². The molecule has 0 N–H and O–H groups in total. The Hall–Kier alpha value is -3.39. The summed E-state index contributed by atoms with van der Waals surface area (Å²) in [6.07, 6.45) is 6.81. The monoisotopic (exact) mass is 387 g/mol. The van der Waals surface area contributed by atoms with Gasteiger partial charge >= 0.3 is 0 Å². The van der Waals surface area contributed by atoms with Crippen molar-refractivity contribution in [3.63, 3.8) is 0 Å². The average molecular weight is 387 g/mol. The Balaban J connectivity index is 1.45. The van der Waals surface area contributed by atoms with E-state index in [1.165, 1.54) is 11.9 Å². The molecule has 0 saturated carbocycles. The van der Waals surface area contributed by atoms with Crippen molar-refractivity contribution in [2.24, 2.45) is 0 Å². The number of hydrogen-bond donors (Lipinski definition) is 0. The summed E-state index contributed by atoms with van der Waals surface area (Å²) < 4.78 is 7.60. The highest BCUT2D eigenvalue weighted by molar-refractivity contribution is 5.84. The van der Waals surface area contributed by atoms with Crippen LogP contribution in [-0.2, 0) is 11.3 Å². The van der Waals surface area contributed by atoms with Gasteiger partial charge in [-0.3, -0.25) is 0 Å². The van der Waals surface area contributed by atoms with Gasteiger partial charge in [0.1, 0.15) is 18.5 Å². The van der Waals surface area contributed by atoms with E-state index in [2.05, 4.69) is 53.7 Å². The fourth-order valence-electron chi connectivity index (χ4n) is 3.66. The topological polar surface area (TPSA) is 81.9 Å². The molecule has 0 atom stereocenters. The van der Waals surface area contributed by atoms with Gasteiger partial charge in [0.05, 0.1) is 19.8 Å². The number of rotatable bonds is 4. The standard InChI is InChI=1S/C21H21N7O/c1-15-26-19-20(27-6-8-29-9-7-27)24-14-25-21(19)28(15)12-16-2-4-17(5-3-16)18-10-22-13-23-11-18/h2-5,10-11,13-14H,6-9,12H2,1H3. The molecule has 5 rings (SSSR count). The number of anilines is 1. The van der Waals surface area contributed by atoms with Gasteiger partial charge in [0.15, 0.2) is 17.0 Å². The van der Waals surface area contributed by atoms with Crippen molar-refractivity contribution >= 4 is 17.0 Å². The predicted molar refractivity (Wildman–Crippen MR) is 110 cm³/mol. The van der Waals surface area contributed by atoms with Gasteiger partial charge in [-0.05, 0) is 18.1 Å². The lowest BCUT2D eigenvalue weighted by molar-refractivity contribution is 0.122. The average Bonchev–Trinajstić information content (AvgIpc) is 3.10. The molecule has 1 saturated heterocycles. The number of fused-ring (bicyclic) bond motifs is 1. The zero-order chi connectivity index (χ0) is 19.6. The molecule has 4 aromatic rings. The molecule has 1 aliphatic heterocycles. The van der Waals surface area contributed by atoms with E-state index in [-0.39, 0.29) is 0 Å². The molecule has 0 amide bonds. The third-order valence-electron chi connectivity index (χ3n) is 5.20. The molecule has 146 valence electrons. The Labute approximate surface area is 168 Å². The van der Waals surface area contributed by atoms with Crippen LogP contribution in [0.15, 0.2) is 49.3 Å². The third-order valence-corrected chi connectivity index (χ3v) is 5.20. The van der Waals surface area contributed by atoms with Crippen LogP contribution in [0.5, 0.6) is 0 Å². The van der Waals surface area contributed by atoms with E-state index in [0.29, 0.717) is 19.8 Å². The van der Waals surface area contributed by atoms with Crippen LogP contribution in [-0.4, -0.2) is 55.8 Å². The number of aryl methyl sites for hydroxylation is 1. The highest BCUT2D eigenvalue weighted by Gasteiger charge is 2.20. The first kappa shape index (κ1) is 17.7. The molecular formula is C21H21N7O. The second-order valence-electron chi connectivity index (χ2n) is 7.04. The second kappa shape index (κ2) is 7.56. The Bertz CT molecular complexity index is 1120. The highest BCUT2D eigenvalue weighted by atomic mass is 16.5. The van der Waals surface area contributed by atoms with Crippen molar-refractivity contribution in [2.75, 3.05) is 31.2 Å². The molecule has 1 aromatic carbocycles. The van der Waals surface area contributed by atoms with Crippen LogP contribution in [0.2, 0.25) is 0 Å². The molecule has 29 heavy (non-hydrogen) atoms. The van der Waals surface area contributed by atoms with Crippen molar-refractivity contribution < 1.29 is 4.74 Å². The Morgan fingerprint density at radius 1 is 0.931 bits per heavy atom. The number of hydrogen-bond acceptors (Lipinski definition) is 7. The quantitative estimate of drug-likeness (QED) is 0.532. The molecule has 4 heterocycles. The molecule has 0 aliphatic carbocycles. The van der Waals surface area contributed by atoms with Gasteiger partial charge in [-0.2, -0.15) is 0 Å². The van der Waals surface area contributed by atoms with Crippen LogP contribution in [0, 0.1) is 6.92 Å². The lowest BCUT2D eigenvalue weighted by Gasteiger charge is -2.27. The molecule has 3 aromatic heterocycles. The maximum absolute atomic E-state index is 5.46. The Morgan fingerprint density at radius 3 is 2.45 bits per heavy atom. The maximum atomic E-state index is 5.46. The summed E-state index contributed by atoms with van der Waals surface area (Å²) in [6.45, 7) is 5.78. The minimum atomic E-state index is 0.702. The van der Waals surface area contributed by atoms with Gasteiger partial charge in [-0.25, -0.2) is 24.9 Å². The molecule has 8 heteroatoms. The number of ether oxygens (including phenoxy) is 1. The van der Waals surface area contributed by atoms with Crippen molar-refractivity contribution in [3.8, 4) is 11.1 Å². The van der Waals surface area contributed by atoms with Crippen molar-refractivity contribution in [1.82, 2.24) is 29.5 Å². The molecule has 0 spiro atoms. The van der Waals surface area contributed by atoms with E-state index in [1.54, 1.807) is 6.33 Å². The lowest BCUT2D eigenvalue weighted by Crippen LogP contribution is -2.36. The molecular weight excluding hydrogens is 366 g/mol. The maximum Gasteiger partial charge on any atom is 0.165 e. The number of aromatic nitrogens is 6. The number of nitrogens with zero attached hydrogens (tertiary/aromatic N) is 7. The first-order valence-electron chi connectivity index (χ1n) is 9.64. The second-order valence-corrected chi connectivity index (χ2v) is 7.04. The lowest BCUT2D eigenvalue weighted by atomic mass is 10.1. The molecule has 0 radical (unpaired) electrons.